The van der Waals surface area contributed by atoms with Crippen LogP contribution in [0.5, 0.6) is 0 Å². The maximum atomic E-state index is 10.6. The van der Waals surface area contributed by atoms with Crippen molar-refractivity contribution in [3.63, 3.8) is 0 Å². The van der Waals surface area contributed by atoms with Gasteiger partial charge in [0.15, 0.2) is 0 Å². The molecule has 3 heteroatoms. The van der Waals surface area contributed by atoms with Crippen molar-refractivity contribution < 1.29 is 4.79 Å². The van der Waals surface area contributed by atoms with Gasteiger partial charge in [-0.1, -0.05) is 0 Å². The summed E-state index contributed by atoms with van der Waals surface area (Å²) in [4.78, 5) is 12.1. The van der Waals surface area contributed by atoms with Gasteiger partial charge in [0.1, 0.15) is 0 Å². The number of nitrogens with two attached hydrogens (primary N) is 1. The van der Waals surface area contributed by atoms with Crippen molar-refractivity contribution in [3.05, 3.63) is 7.05 Å². The first kappa shape index (κ1) is 5.56. The number of carbonyl (C=O) groups is 1. The predicted molar refractivity (Wildman–Crippen MR) is 29.7 cm³/mol. The van der Waals surface area contributed by atoms with Crippen molar-refractivity contribution >= 4 is 5.91 Å². The summed E-state index contributed by atoms with van der Waals surface area (Å²) in [6.07, 6.45) is 0.752. The average molecular weight is 113 g/mol. The van der Waals surface area contributed by atoms with Gasteiger partial charge in [-0.3, -0.25) is 4.79 Å². The number of nitrogens with zero attached hydrogens (tertiary/aromatic N) is 1. The van der Waals surface area contributed by atoms with Crippen molar-refractivity contribution in [1.82, 2.24) is 4.90 Å². The van der Waals surface area contributed by atoms with E-state index < -0.39 is 0 Å². The highest BCUT2D eigenvalue weighted by Crippen LogP contribution is 2.05. The molecule has 1 fully saturated rings. The molecule has 1 unspecified atom stereocenters. The van der Waals surface area contributed by atoms with Gasteiger partial charge in [-0.15, -0.1) is 0 Å². The second kappa shape index (κ2) is 1.74. The molecule has 45 valence electrons. The molecule has 0 aromatic heterocycles. The summed E-state index contributed by atoms with van der Waals surface area (Å²) in [5.41, 5.74) is 5.34. The summed E-state index contributed by atoms with van der Waals surface area (Å²) in [5, 5.41) is 0. The molecule has 1 radical (unpaired) electrons. The molecule has 1 saturated heterocycles. The number of hydrogen-bond acceptors (Lipinski definition) is 2. The average Bonchev–Trinajstić information content (AvgIpc) is 1.98. The van der Waals surface area contributed by atoms with Gasteiger partial charge in [0, 0.05) is 13.6 Å². The number of carbonyl (C=O) groups excluding carboxylic acids is 1. The smallest absolute Gasteiger partial charge is 0.239 e. The van der Waals surface area contributed by atoms with Crippen LogP contribution in [0.4, 0.5) is 0 Å². The summed E-state index contributed by atoms with van der Waals surface area (Å²) in [6.45, 7) is 0.708. The molecule has 1 atom stereocenters. The van der Waals surface area contributed by atoms with E-state index in [2.05, 4.69) is 7.05 Å². The molecule has 0 aliphatic carbocycles. The van der Waals surface area contributed by atoms with Crippen molar-refractivity contribution in [2.75, 3.05) is 6.54 Å². The molecular weight excluding hydrogens is 104 g/mol. The van der Waals surface area contributed by atoms with Crippen LogP contribution in [0.2, 0.25) is 0 Å². The Hall–Kier alpha value is -0.570. The molecule has 0 bridgehead atoms. The molecule has 2 N–H and O–H groups in total. The first-order chi connectivity index (χ1) is 3.72. The van der Waals surface area contributed by atoms with Crippen LogP contribution in [0.1, 0.15) is 6.42 Å². The van der Waals surface area contributed by atoms with Crippen LogP contribution in [-0.4, -0.2) is 23.4 Å². The highest BCUT2D eigenvalue weighted by atomic mass is 16.2. The Morgan fingerprint density at radius 2 is 2.50 bits per heavy atom. The molecular formula is C5H9N2O. The van der Waals surface area contributed by atoms with Crippen LogP contribution in [-0.2, 0) is 4.79 Å². The van der Waals surface area contributed by atoms with Gasteiger partial charge in [0.25, 0.3) is 0 Å². The standard InChI is InChI=1S/C5H9N2O/c1-7-3-2-4(6)5(7)8/h4H,1-3,6H2. The van der Waals surface area contributed by atoms with Crippen LogP contribution in [0.25, 0.3) is 0 Å². The fourth-order valence-electron chi connectivity index (χ4n) is 0.763. The minimum absolute atomic E-state index is 0.0370. The minimum atomic E-state index is -0.285. The lowest BCUT2D eigenvalue weighted by molar-refractivity contribution is -0.126. The molecule has 8 heavy (non-hydrogen) atoms. The molecule has 1 amide bonds. The molecule has 0 spiro atoms. The van der Waals surface area contributed by atoms with Crippen LogP contribution >= 0.6 is 0 Å². The quantitative estimate of drug-likeness (QED) is 0.453. The predicted octanol–water partition coefficient (Wildman–Crippen LogP) is -0.662. The van der Waals surface area contributed by atoms with E-state index in [-0.39, 0.29) is 11.9 Å². The highest BCUT2D eigenvalue weighted by Gasteiger charge is 2.24. The minimum Gasteiger partial charge on any atom is -0.340 e. The van der Waals surface area contributed by atoms with E-state index in [1.165, 1.54) is 4.90 Å². The lowest BCUT2D eigenvalue weighted by Crippen LogP contribution is -2.30. The third-order valence-electron chi connectivity index (χ3n) is 1.34. The lowest BCUT2D eigenvalue weighted by Gasteiger charge is -2.04. The SMILES string of the molecule is [CH2]N1CCC(N)C1=O. The van der Waals surface area contributed by atoms with E-state index in [0.29, 0.717) is 6.54 Å². The maximum Gasteiger partial charge on any atom is 0.239 e. The van der Waals surface area contributed by atoms with Crippen molar-refractivity contribution in [3.8, 4) is 0 Å². The normalized spacial score (nSPS) is 29.5. The summed E-state index contributed by atoms with van der Waals surface area (Å²) in [7, 11) is 3.47. The Bertz CT molecular complexity index is 101. The monoisotopic (exact) mass is 113 g/mol. The Balaban J connectivity index is 2.57. The van der Waals surface area contributed by atoms with Crippen LogP contribution < -0.4 is 5.73 Å². The molecule has 0 saturated carbocycles. The summed E-state index contributed by atoms with van der Waals surface area (Å²) in [6, 6.07) is -0.285. The number of rotatable bonds is 0. The van der Waals surface area contributed by atoms with E-state index in [1.54, 1.807) is 0 Å². The van der Waals surface area contributed by atoms with Gasteiger partial charge in [-0.25, -0.2) is 0 Å². The van der Waals surface area contributed by atoms with Gasteiger partial charge in [0.2, 0.25) is 5.91 Å². The zero-order valence-corrected chi connectivity index (χ0v) is 4.63. The third kappa shape index (κ3) is 0.690. The fourth-order valence-corrected chi connectivity index (χ4v) is 0.763. The van der Waals surface area contributed by atoms with E-state index in [0.717, 1.165) is 6.42 Å². The van der Waals surface area contributed by atoms with Crippen LogP contribution in [0, 0.1) is 7.05 Å². The lowest BCUT2D eigenvalue weighted by atomic mass is 10.3. The Morgan fingerprint density at radius 1 is 1.88 bits per heavy atom. The Morgan fingerprint density at radius 3 is 2.62 bits per heavy atom. The number of likely N-dealkylation sites (tertiary alicyclic amines) is 1. The van der Waals surface area contributed by atoms with E-state index >= 15 is 0 Å². The maximum absolute atomic E-state index is 10.6. The van der Waals surface area contributed by atoms with E-state index in [9.17, 15) is 4.79 Å². The second-order valence-electron chi connectivity index (χ2n) is 2.00. The summed E-state index contributed by atoms with van der Waals surface area (Å²) in [5.74, 6) is -0.0370. The van der Waals surface area contributed by atoms with Gasteiger partial charge in [0.05, 0.1) is 6.04 Å². The van der Waals surface area contributed by atoms with E-state index in [4.69, 9.17) is 5.73 Å². The van der Waals surface area contributed by atoms with Crippen molar-refractivity contribution in [2.24, 2.45) is 5.73 Å². The van der Waals surface area contributed by atoms with Gasteiger partial charge < -0.3 is 10.6 Å². The van der Waals surface area contributed by atoms with Gasteiger partial charge in [-0.2, -0.15) is 0 Å². The first-order valence-corrected chi connectivity index (χ1v) is 2.59. The van der Waals surface area contributed by atoms with Crippen molar-refractivity contribution in [1.29, 1.82) is 0 Å². The highest BCUT2D eigenvalue weighted by molar-refractivity contribution is 5.83. The second-order valence-corrected chi connectivity index (χ2v) is 2.00. The molecule has 1 aliphatic heterocycles. The summed E-state index contributed by atoms with van der Waals surface area (Å²) < 4.78 is 0. The molecule has 0 aromatic carbocycles. The molecule has 3 nitrogen and oxygen atoms in total. The van der Waals surface area contributed by atoms with Crippen molar-refractivity contribution in [2.45, 2.75) is 12.5 Å². The van der Waals surface area contributed by atoms with Crippen LogP contribution in [0.15, 0.2) is 0 Å². The largest absolute Gasteiger partial charge is 0.340 e. The number of hydrogen-bond donors (Lipinski definition) is 1. The summed E-state index contributed by atoms with van der Waals surface area (Å²) >= 11 is 0. The zero-order chi connectivity index (χ0) is 6.15. The number of amides is 1. The molecule has 0 aromatic rings. The zero-order valence-electron chi connectivity index (χ0n) is 4.63. The van der Waals surface area contributed by atoms with Gasteiger partial charge >= 0.3 is 0 Å². The first-order valence-electron chi connectivity index (χ1n) is 2.59. The molecule has 1 aliphatic rings. The Labute approximate surface area is 48.5 Å². The molecule has 1 heterocycles. The Kier molecular flexibility index (Phi) is 1.21. The van der Waals surface area contributed by atoms with Gasteiger partial charge in [-0.05, 0) is 6.42 Å². The van der Waals surface area contributed by atoms with E-state index in [1.807, 2.05) is 0 Å². The third-order valence-corrected chi connectivity index (χ3v) is 1.34. The topological polar surface area (TPSA) is 46.3 Å². The van der Waals surface area contributed by atoms with Crippen LogP contribution in [0.3, 0.4) is 0 Å². The molecule has 1 rings (SSSR count). The fraction of sp³-hybridized carbons (Fsp3) is 0.600.